The fraction of sp³-hybridized carbons (Fsp3) is 0.643. The SMILES string of the molecule is CCc1nc(N2CCC(CC)(C(=O)O)CC2)cc(=O)[nH]1. The maximum Gasteiger partial charge on any atom is 0.309 e. The van der Waals surface area contributed by atoms with E-state index in [1.54, 1.807) is 0 Å². The summed E-state index contributed by atoms with van der Waals surface area (Å²) in [6.45, 7) is 5.11. The second kappa shape index (κ2) is 5.64. The van der Waals surface area contributed by atoms with E-state index in [-0.39, 0.29) is 5.56 Å². The number of aryl methyl sites for hydroxylation is 1. The van der Waals surface area contributed by atoms with E-state index >= 15 is 0 Å². The monoisotopic (exact) mass is 279 g/mol. The highest BCUT2D eigenvalue weighted by Gasteiger charge is 2.40. The Labute approximate surface area is 117 Å². The fourth-order valence-corrected chi connectivity index (χ4v) is 2.71. The number of hydrogen-bond acceptors (Lipinski definition) is 4. The number of carbonyl (C=O) groups is 1. The van der Waals surface area contributed by atoms with Crippen molar-refractivity contribution in [2.45, 2.75) is 39.5 Å². The van der Waals surface area contributed by atoms with Crippen LogP contribution in [0.5, 0.6) is 0 Å². The summed E-state index contributed by atoms with van der Waals surface area (Å²) in [5.41, 5.74) is -0.775. The van der Waals surface area contributed by atoms with Gasteiger partial charge in [0.25, 0.3) is 5.56 Å². The summed E-state index contributed by atoms with van der Waals surface area (Å²) >= 11 is 0. The lowest BCUT2D eigenvalue weighted by molar-refractivity contribution is -0.150. The van der Waals surface area contributed by atoms with Gasteiger partial charge in [-0.05, 0) is 19.3 Å². The van der Waals surface area contributed by atoms with Crippen LogP contribution >= 0.6 is 0 Å². The second-order valence-corrected chi connectivity index (χ2v) is 5.33. The molecule has 1 fully saturated rings. The Balaban J connectivity index is 2.17. The van der Waals surface area contributed by atoms with Crippen LogP contribution in [0.25, 0.3) is 0 Å². The molecule has 2 rings (SSSR count). The van der Waals surface area contributed by atoms with Crippen molar-refractivity contribution in [3.63, 3.8) is 0 Å². The maximum atomic E-state index is 11.6. The molecular weight excluding hydrogens is 258 g/mol. The molecule has 0 spiro atoms. The zero-order valence-corrected chi connectivity index (χ0v) is 12.0. The number of anilines is 1. The molecule has 2 heterocycles. The quantitative estimate of drug-likeness (QED) is 0.870. The Morgan fingerprint density at radius 1 is 1.45 bits per heavy atom. The number of carboxylic acid groups (broad SMARTS) is 1. The van der Waals surface area contributed by atoms with Crippen LogP contribution in [-0.4, -0.2) is 34.1 Å². The van der Waals surface area contributed by atoms with Gasteiger partial charge in [-0.15, -0.1) is 0 Å². The molecule has 6 heteroatoms. The summed E-state index contributed by atoms with van der Waals surface area (Å²) in [5, 5.41) is 9.38. The summed E-state index contributed by atoms with van der Waals surface area (Å²) in [5.74, 6) is 0.603. The van der Waals surface area contributed by atoms with Crippen LogP contribution in [0.3, 0.4) is 0 Å². The third kappa shape index (κ3) is 2.69. The Morgan fingerprint density at radius 2 is 2.10 bits per heavy atom. The normalized spacial score (nSPS) is 18.0. The molecule has 0 radical (unpaired) electrons. The van der Waals surface area contributed by atoms with Gasteiger partial charge in [0.05, 0.1) is 5.41 Å². The third-order valence-electron chi connectivity index (χ3n) is 4.29. The molecule has 1 aromatic rings. The fourth-order valence-electron chi connectivity index (χ4n) is 2.71. The molecule has 0 saturated carbocycles. The van der Waals surface area contributed by atoms with Gasteiger partial charge < -0.3 is 15.0 Å². The predicted molar refractivity (Wildman–Crippen MR) is 76.0 cm³/mol. The standard InChI is InChI=1S/C14H21N3O3/c1-3-10-15-11(9-12(18)16-10)17-7-5-14(4-2,6-8-17)13(19)20/h9H,3-8H2,1-2H3,(H,19,20)(H,15,16,18). The van der Waals surface area contributed by atoms with Crippen LogP contribution < -0.4 is 10.5 Å². The molecule has 1 aliphatic rings. The van der Waals surface area contributed by atoms with Crippen LogP contribution in [0, 0.1) is 5.41 Å². The van der Waals surface area contributed by atoms with Crippen molar-refractivity contribution in [1.29, 1.82) is 0 Å². The van der Waals surface area contributed by atoms with Gasteiger partial charge in [0.2, 0.25) is 0 Å². The summed E-state index contributed by atoms with van der Waals surface area (Å²) in [7, 11) is 0. The van der Waals surface area contributed by atoms with Crippen molar-refractivity contribution >= 4 is 11.8 Å². The number of aromatic amines is 1. The maximum absolute atomic E-state index is 11.6. The first-order valence-electron chi connectivity index (χ1n) is 7.09. The number of piperidine rings is 1. The van der Waals surface area contributed by atoms with Crippen molar-refractivity contribution in [2.24, 2.45) is 5.41 Å². The van der Waals surface area contributed by atoms with E-state index in [9.17, 15) is 14.7 Å². The van der Waals surface area contributed by atoms with E-state index < -0.39 is 11.4 Å². The van der Waals surface area contributed by atoms with Crippen molar-refractivity contribution < 1.29 is 9.90 Å². The molecule has 6 nitrogen and oxygen atoms in total. The minimum absolute atomic E-state index is 0.155. The molecule has 1 aromatic heterocycles. The first-order valence-corrected chi connectivity index (χ1v) is 7.09. The van der Waals surface area contributed by atoms with Crippen molar-refractivity contribution in [3.05, 3.63) is 22.2 Å². The summed E-state index contributed by atoms with van der Waals surface area (Å²) < 4.78 is 0. The van der Waals surface area contributed by atoms with Crippen LogP contribution in [0.2, 0.25) is 0 Å². The van der Waals surface area contributed by atoms with E-state index in [0.717, 1.165) is 0 Å². The Bertz CT molecular complexity index is 545. The van der Waals surface area contributed by atoms with E-state index in [1.165, 1.54) is 6.07 Å². The highest BCUT2D eigenvalue weighted by Crippen LogP contribution is 2.36. The molecule has 2 N–H and O–H groups in total. The minimum Gasteiger partial charge on any atom is -0.481 e. The molecule has 110 valence electrons. The molecule has 1 saturated heterocycles. The Kier molecular flexibility index (Phi) is 4.11. The molecule has 1 aliphatic heterocycles. The topological polar surface area (TPSA) is 86.3 Å². The first kappa shape index (κ1) is 14.6. The molecule has 20 heavy (non-hydrogen) atoms. The zero-order chi connectivity index (χ0) is 14.8. The Hall–Kier alpha value is -1.85. The van der Waals surface area contributed by atoms with Gasteiger partial charge in [0.1, 0.15) is 11.6 Å². The number of aromatic nitrogens is 2. The largest absolute Gasteiger partial charge is 0.481 e. The van der Waals surface area contributed by atoms with E-state index in [0.29, 0.717) is 50.4 Å². The number of H-pyrrole nitrogens is 1. The molecule has 0 bridgehead atoms. The summed E-state index contributed by atoms with van der Waals surface area (Å²) in [6.07, 6.45) is 2.49. The average molecular weight is 279 g/mol. The Morgan fingerprint density at radius 3 is 2.60 bits per heavy atom. The number of carboxylic acids is 1. The highest BCUT2D eigenvalue weighted by atomic mass is 16.4. The van der Waals surface area contributed by atoms with Gasteiger partial charge in [0, 0.05) is 25.6 Å². The smallest absolute Gasteiger partial charge is 0.309 e. The molecule has 0 aliphatic carbocycles. The number of aliphatic carboxylic acids is 1. The van der Waals surface area contributed by atoms with Crippen molar-refractivity contribution in [1.82, 2.24) is 9.97 Å². The van der Waals surface area contributed by atoms with Crippen LogP contribution in [0.15, 0.2) is 10.9 Å². The number of hydrogen-bond donors (Lipinski definition) is 2. The van der Waals surface area contributed by atoms with Crippen LogP contribution in [0.1, 0.15) is 38.9 Å². The summed E-state index contributed by atoms with van der Waals surface area (Å²) in [6, 6.07) is 1.48. The zero-order valence-electron chi connectivity index (χ0n) is 12.0. The predicted octanol–water partition coefficient (Wildman–Crippen LogP) is 1.41. The van der Waals surface area contributed by atoms with Crippen molar-refractivity contribution in [3.8, 4) is 0 Å². The molecule has 0 unspecified atom stereocenters. The second-order valence-electron chi connectivity index (χ2n) is 5.33. The van der Waals surface area contributed by atoms with Gasteiger partial charge in [-0.2, -0.15) is 0 Å². The van der Waals surface area contributed by atoms with E-state index in [2.05, 4.69) is 9.97 Å². The molecule has 0 atom stereocenters. The number of rotatable bonds is 4. The van der Waals surface area contributed by atoms with Crippen molar-refractivity contribution in [2.75, 3.05) is 18.0 Å². The number of nitrogens with zero attached hydrogens (tertiary/aromatic N) is 2. The summed E-state index contributed by atoms with van der Waals surface area (Å²) in [4.78, 5) is 32.1. The molecular formula is C14H21N3O3. The number of nitrogens with one attached hydrogen (secondary N) is 1. The van der Waals surface area contributed by atoms with Crippen LogP contribution in [-0.2, 0) is 11.2 Å². The van der Waals surface area contributed by atoms with Crippen LogP contribution in [0.4, 0.5) is 5.82 Å². The van der Waals surface area contributed by atoms with Gasteiger partial charge >= 0.3 is 5.97 Å². The molecule has 0 aromatic carbocycles. The molecule has 0 amide bonds. The lowest BCUT2D eigenvalue weighted by Crippen LogP contribution is -2.44. The third-order valence-corrected chi connectivity index (χ3v) is 4.29. The van der Waals surface area contributed by atoms with Gasteiger partial charge in [0.15, 0.2) is 0 Å². The van der Waals surface area contributed by atoms with Gasteiger partial charge in [-0.25, -0.2) is 4.98 Å². The van der Waals surface area contributed by atoms with Gasteiger partial charge in [-0.1, -0.05) is 13.8 Å². The van der Waals surface area contributed by atoms with Gasteiger partial charge in [-0.3, -0.25) is 9.59 Å². The van der Waals surface area contributed by atoms with E-state index in [4.69, 9.17) is 0 Å². The average Bonchev–Trinajstić information content (AvgIpc) is 2.46. The minimum atomic E-state index is -0.715. The highest BCUT2D eigenvalue weighted by molar-refractivity contribution is 5.75. The van der Waals surface area contributed by atoms with E-state index in [1.807, 2.05) is 18.7 Å². The lowest BCUT2D eigenvalue weighted by atomic mass is 9.76. The first-order chi connectivity index (χ1) is 9.50. The lowest BCUT2D eigenvalue weighted by Gasteiger charge is -2.38.